The molecule has 4 rings (SSSR count). The molecule has 0 bridgehead atoms. The second-order valence-electron chi connectivity index (χ2n) is 6.65. The van der Waals surface area contributed by atoms with Crippen LogP contribution in [-0.4, -0.2) is 45.6 Å². The van der Waals surface area contributed by atoms with Gasteiger partial charge >= 0.3 is 0 Å². The first-order valence-electron chi connectivity index (χ1n) is 9.68. The van der Waals surface area contributed by atoms with Crippen LogP contribution in [0.1, 0.15) is 5.76 Å². The molecule has 1 aromatic carbocycles. The van der Waals surface area contributed by atoms with Crippen LogP contribution in [0.2, 0.25) is 0 Å². The van der Waals surface area contributed by atoms with Gasteiger partial charge in [0.25, 0.3) is 0 Å². The molecular weight excluding hydrogens is 430 g/mol. The summed E-state index contributed by atoms with van der Waals surface area (Å²) < 4.78 is 17.9. The highest BCUT2D eigenvalue weighted by Gasteiger charge is 2.17. The molecule has 32 heavy (non-hydrogen) atoms. The Morgan fingerprint density at radius 2 is 1.94 bits per heavy atom. The van der Waals surface area contributed by atoms with Crippen molar-refractivity contribution in [1.29, 1.82) is 0 Å². The number of nitrogens with one attached hydrogen (secondary N) is 1. The van der Waals surface area contributed by atoms with E-state index in [0.717, 1.165) is 11.3 Å². The molecule has 0 fully saturated rings. The fraction of sp³-hybridized carbons (Fsp3) is 0.182. The third-order valence-electron chi connectivity index (χ3n) is 4.50. The number of carbonyl (C=O) groups is 1. The second-order valence-corrected chi connectivity index (χ2v) is 7.59. The Hall–Kier alpha value is -3.79. The Morgan fingerprint density at radius 1 is 1.12 bits per heavy atom. The predicted octanol–water partition coefficient (Wildman–Crippen LogP) is 3.73. The maximum absolute atomic E-state index is 12.6. The highest BCUT2D eigenvalue weighted by molar-refractivity contribution is 7.99. The number of thioether (sulfide) groups is 1. The summed E-state index contributed by atoms with van der Waals surface area (Å²) in [6, 6.07) is 12.6. The first-order valence-corrected chi connectivity index (χ1v) is 10.7. The monoisotopic (exact) mass is 451 g/mol. The lowest BCUT2D eigenvalue weighted by molar-refractivity contribution is -0.113. The zero-order chi connectivity index (χ0) is 22.3. The Labute approximate surface area is 188 Å². The summed E-state index contributed by atoms with van der Waals surface area (Å²) in [6.07, 6.45) is 5.04. The number of pyridine rings is 1. The van der Waals surface area contributed by atoms with Crippen LogP contribution in [0.4, 0.5) is 5.69 Å². The van der Waals surface area contributed by atoms with E-state index < -0.39 is 0 Å². The fourth-order valence-electron chi connectivity index (χ4n) is 3.01. The molecule has 3 heterocycles. The zero-order valence-corrected chi connectivity index (χ0v) is 18.3. The van der Waals surface area contributed by atoms with Crippen LogP contribution < -0.4 is 14.8 Å². The van der Waals surface area contributed by atoms with Crippen LogP contribution in [0.15, 0.2) is 70.7 Å². The van der Waals surface area contributed by atoms with Crippen molar-refractivity contribution in [3.05, 3.63) is 66.9 Å². The molecule has 0 saturated heterocycles. The van der Waals surface area contributed by atoms with Crippen molar-refractivity contribution in [3.8, 4) is 22.9 Å². The summed E-state index contributed by atoms with van der Waals surface area (Å²) in [7, 11) is 3.11. The molecule has 164 valence electrons. The molecule has 4 aromatic rings. The van der Waals surface area contributed by atoms with Gasteiger partial charge in [0.2, 0.25) is 5.91 Å². The molecule has 0 spiro atoms. The van der Waals surface area contributed by atoms with Gasteiger partial charge in [-0.3, -0.25) is 14.3 Å². The van der Waals surface area contributed by atoms with Gasteiger partial charge in [0, 0.05) is 41.8 Å². The number of carbonyl (C=O) groups excluding carboxylic acids is 1. The number of nitrogens with zero attached hydrogens (tertiary/aromatic N) is 4. The minimum Gasteiger partial charge on any atom is -0.497 e. The maximum Gasteiger partial charge on any atom is 0.234 e. The number of rotatable bonds is 9. The summed E-state index contributed by atoms with van der Waals surface area (Å²) in [4.78, 5) is 16.8. The third-order valence-corrected chi connectivity index (χ3v) is 5.46. The third kappa shape index (κ3) is 5.09. The average Bonchev–Trinajstić information content (AvgIpc) is 3.48. The van der Waals surface area contributed by atoms with E-state index in [2.05, 4.69) is 20.5 Å². The van der Waals surface area contributed by atoms with Crippen molar-refractivity contribution in [2.45, 2.75) is 11.7 Å². The lowest BCUT2D eigenvalue weighted by Gasteiger charge is -2.10. The standard InChI is InChI=1S/C22H21N5O4S/c1-29-18-9-16(10-19(11-18)30-2)24-20(28)14-32-22-26-25-21(15-5-3-7-23-12-15)27(22)13-17-6-4-8-31-17/h3-12H,13-14H2,1-2H3,(H,24,28). The SMILES string of the molecule is COc1cc(NC(=O)CSc2nnc(-c3cccnc3)n2Cc2ccco2)cc(OC)c1. The van der Waals surface area contributed by atoms with Gasteiger partial charge in [0.05, 0.1) is 32.8 Å². The van der Waals surface area contributed by atoms with Crippen LogP contribution in [0, 0.1) is 0 Å². The molecule has 0 aliphatic rings. The number of hydrogen-bond donors (Lipinski definition) is 1. The maximum atomic E-state index is 12.6. The lowest BCUT2D eigenvalue weighted by atomic mass is 10.2. The Morgan fingerprint density at radius 3 is 2.59 bits per heavy atom. The lowest BCUT2D eigenvalue weighted by Crippen LogP contribution is -2.15. The first-order chi connectivity index (χ1) is 15.7. The van der Waals surface area contributed by atoms with E-state index in [0.29, 0.717) is 34.7 Å². The Bertz CT molecular complexity index is 1160. The van der Waals surface area contributed by atoms with Gasteiger partial charge in [-0.05, 0) is 24.3 Å². The van der Waals surface area contributed by atoms with Gasteiger partial charge in [-0.15, -0.1) is 10.2 Å². The van der Waals surface area contributed by atoms with Crippen molar-refractivity contribution in [2.24, 2.45) is 0 Å². The predicted molar refractivity (Wildman–Crippen MR) is 120 cm³/mol. The Balaban J connectivity index is 1.50. The van der Waals surface area contributed by atoms with Crippen molar-refractivity contribution in [3.63, 3.8) is 0 Å². The molecule has 0 saturated carbocycles. The second kappa shape index (κ2) is 10.0. The smallest absolute Gasteiger partial charge is 0.234 e. The molecular formula is C22H21N5O4S. The van der Waals surface area contributed by atoms with E-state index in [1.165, 1.54) is 11.8 Å². The van der Waals surface area contributed by atoms with Gasteiger partial charge in [0.1, 0.15) is 17.3 Å². The fourth-order valence-corrected chi connectivity index (χ4v) is 3.75. The molecule has 3 aromatic heterocycles. The molecule has 10 heteroatoms. The number of furan rings is 1. The van der Waals surface area contributed by atoms with Crippen LogP contribution >= 0.6 is 11.8 Å². The van der Waals surface area contributed by atoms with E-state index in [4.69, 9.17) is 13.9 Å². The number of anilines is 1. The number of aromatic nitrogens is 4. The summed E-state index contributed by atoms with van der Waals surface area (Å²) in [6.45, 7) is 0.432. The van der Waals surface area contributed by atoms with Crippen LogP contribution in [0.5, 0.6) is 11.5 Å². The minimum atomic E-state index is -0.194. The van der Waals surface area contributed by atoms with Crippen LogP contribution in [0.25, 0.3) is 11.4 Å². The van der Waals surface area contributed by atoms with E-state index >= 15 is 0 Å². The summed E-state index contributed by atoms with van der Waals surface area (Å²) in [5.74, 6) is 2.53. The van der Waals surface area contributed by atoms with Crippen molar-refractivity contribution < 1.29 is 18.7 Å². The van der Waals surface area contributed by atoms with Gasteiger partial charge < -0.3 is 19.2 Å². The van der Waals surface area contributed by atoms with E-state index in [1.807, 2.05) is 28.8 Å². The molecule has 0 unspecified atom stereocenters. The highest BCUT2D eigenvalue weighted by atomic mass is 32.2. The molecule has 0 radical (unpaired) electrons. The molecule has 1 amide bonds. The number of ether oxygens (including phenoxy) is 2. The molecule has 1 N–H and O–H groups in total. The van der Waals surface area contributed by atoms with Gasteiger partial charge in [0.15, 0.2) is 11.0 Å². The minimum absolute atomic E-state index is 0.142. The number of benzene rings is 1. The van der Waals surface area contributed by atoms with Crippen LogP contribution in [-0.2, 0) is 11.3 Å². The Kier molecular flexibility index (Phi) is 6.71. The molecule has 0 aliphatic heterocycles. The summed E-state index contributed by atoms with van der Waals surface area (Å²) in [5.41, 5.74) is 1.41. The first kappa shape index (κ1) is 21.4. The van der Waals surface area contributed by atoms with Crippen molar-refractivity contribution in [2.75, 3.05) is 25.3 Å². The van der Waals surface area contributed by atoms with Gasteiger partial charge in [-0.25, -0.2) is 0 Å². The van der Waals surface area contributed by atoms with E-state index in [1.54, 1.807) is 51.1 Å². The number of hydrogen-bond acceptors (Lipinski definition) is 8. The van der Waals surface area contributed by atoms with E-state index in [-0.39, 0.29) is 11.7 Å². The molecule has 0 atom stereocenters. The van der Waals surface area contributed by atoms with Crippen molar-refractivity contribution in [1.82, 2.24) is 19.7 Å². The van der Waals surface area contributed by atoms with Gasteiger partial charge in [-0.2, -0.15) is 0 Å². The average molecular weight is 452 g/mol. The molecule has 0 aliphatic carbocycles. The largest absolute Gasteiger partial charge is 0.497 e. The normalized spacial score (nSPS) is 10.7. The summed E-state index contributed by atoms with van der Waals surface area (Å²) >= 11 is 1.28. The number of amides is 1. The highest BCUT2D eigenvalue weighted by Crippen LogP contribution is 2.27. The number of methoxy groups -OCH3 is 2. The van der Waals surface area contributed by atoms with E-state index in [9.17, 15) is 4.79 Å². The quantitative estimate of drug-likeness (QED) is 0.384. The van der Waals surface area contributed by atoms with Gasteiger partial charge in [-0.1, -0.05) is 11.8 Å². The molecule has 9 nitrogen and oxygen atoms in total. The van der Waals surface area contributed by atoms with Crippen LogP contribution in [0.3, 0.4) is 0 Å². The topological polar surface area (TPSA) is 104 Å². The van der Waals surface area contributed by atoms with Crippen molar-refractivity contribution >= 4 is 23.4 Å². The summed E-state index contributed by atoms with van der Waals surface area (Å²) in [5, 5.41) is 12.1. The zero-order valence-electron chi connectivity index (χ0n) is 17.5.